The Labute approximate surface area is 194 Å². The number of ether oxygens (including phenoxy) is 3. The summed E-state index contributed by atoms with van der Waals surface area (Å²) < 4.78 is 44.6. The first-order valence-electron chi connectivity index (χ1n) is 11.3. The van der Waals surface area contributed by atoms with E-state index < -0.39 is 10.0 Å². The average Bonchev–Trinajstić information content (AvgIpc) is 3.34. The second kappa shape index (κ2) is 8.96. The fourth-order valence-electron chi connectivity index (χ4n) is 4.73. The van der Waals surface area contributed by atoms with Crippen LogP contribution in [0, 0.1) is 6.92 Å². The Morgan fingerprint density at radius 2 is 1.70 bits per heavy atom. The van der Waals surface area contributed by atoms with E-state index in [0.717, 1.165) is 24.2 Å². The predicted molar refractivity (Wildman–Crippen MR) is 121 cm³/mol. The summed E-state index contributed by atoms with van der Waals surface area (Å²) in [5, 5.41) is 0. The molecule has 2 aromatic rings. The van der Waals surface area contributed by atoms with Gasteiger partial charge in [0.05, 0.1) is 24.2 Å². The van der Waals surface area contributed by atoms with E-state index in [4.69, 9.17) is 14.2 Å². The summed E-state index contributed by atoms with van der Waals surface area (Å²) in [6.45, 7) is 4.81. The van der Waals surface area contributed by atoms with Gasteiger partial charge < -0.3 is 19.1 Å². The predicted octanol–water partition coefficient (Wildman–Crippen LogP) is 2.76. The number of hydrogen-bond donors (Lipinski definition) is 0. The van der Waals surface area contributed by atoms with Gasteiger partial charge in [0, 0.05) is 25.2 Å². The van der Waals surface area contributed by atoms with Crippen LogP contribution in [0.5, 0.6) is 11.5 Å². The zero-order valence-electron chi connectivity index (χ0n) is 18.7. The summed E-state index contributed by atoms with van der Waals surface area (Å²) in [5.41, 5.74) is 2.01. The molecule has 2 saturated heterocycles. The molecule has 1 amide bonds. The topological polar surface area (TPSA) is 85.4 Å². The van der Waals surface area contributed by atoms with Crippen molar-refractivity contribution in [1.82, 2.24) is 9.21 Å². The maximum Gasteiger partial charge on any atom is 0.254 e. The van der Waals surface area contributed by atoms with Crippen molar-refractivity contribution < 1.29 is 27.4 Å². The van der Waals surface area contributed by atoms with Gasteiger partial charge in [0.2, 0.25) is 10.0 Å². The maximum absolute atomic E-state index is 13.5. The van der Waals surface area contributed by atoms with Crippen LogP contribution in [0.15, 0.2) is 41.3 Å². The third kappa shape index (κ3) is 4.20. The van der Waals surface area contributed by atoms with Crippen molar-refractivity contribution in [3.63, 3.8) is 0 Å². The first-order valence-corrected chi connectivity index (χ1v) is 12.8. The van der Waals surface area contributed by atoms with Gasteiger partial charge in [-0.2, -0.15) is 4.31 Å². The Bertz CT molecular complexity index is 1160. The summed E-state index contributed by atoms with van der Waals surface area (Å²) >= 11 is 0. The number of likely N-dealkylation sites (tertiary alicyclic amines) is 1. The number of aryl methyl sites for hydroxylation is 1. The number of amides is 1. The van der Waals surface area contributed by atoms with Crippen LogP contribution in [0.3, 0.4) is 0 Å². The highest BCUT2D eigenvalue weighted by Crippen LogP contribution is 2.39. The van der Waals surface area contributed by atoms with Crippen LogP contribution >= 0.6 is 0 Å². The Morgan fingerprint density at radius 1 is 0.939 bits per heavy atom. The number of morpholine rings is 1. The second-order valence-corrected chi connectivity index (χ2v) is 10.5. The lowest BCUT2D eigenvalue weighted by Gasteiger charge is -2.28. The van der Waals surface area contributed by atoms with Gasteiger partial charge in [0.15, 0.2) is 11.5 Å². The van der Waals surface area contributed by atoms with Crippen LogP contribution in [0.2, 0.25) is 0 Å². The molecule has 0 saturated carbocycles. The third-order valence-electron chi connectivity index (χ3n) is 6.49. The fraction of sp³-hybridized carbons (Fsp3) is 0.458. The average molecular weight is 473 g/mol. The zero-order valence-corrected chi connectivity index (χ0v) is 19.5. The molecule has 0 bridgehead atoms. The van der Waals surface area contributed by atoms with Gasteiger partial charge in [0.1, 0.15) is 13.2 Å². The number of fused-ring (bicyclic) bond motifs is 1. The monoisotopic (exact) mass is 472 g/mol. The van der Waals surface area contributed by atoms with Crippen molar-refractivity contribution in [3.05, 3.63) is 53.1 Å². The molecule has 176 valence electrons. The van der Waals surface area contributed by atoms with Gasteiger partial charge in [-0.1, -0.05) is 12.1 Å². The largest absolute Gasteiger partial charge is 0.486 e. The number of sulfonamides is 1. The first kappa shape index (κ1) is 22.2. The Balaban J connectivity index is 1.42. The number of nitrogens with zero attached hydrogens (tertiary/aromatic N) is 2. The Morgan fingerprint density at radius 3 is 2.48 bits per heavy atom. The van der Waals surface area contributed by atoms with Crippen molar-refractivity contribution in [2.24, 2.45) is 0 Å². The SMILES string of the molecule is Cc1ccc(C(=O)N2CCCC2c2ccc3c(c2)OCCO3)cc1S(=O)(=O)N1CCOCC1. The van der Waals surface area contributed by atoms with Crippen molar-refractivity contribution in [3.8, 4) is 11.5 Å². The molecule has 0 spiro atoms. The molecule has 9 heteroatoms. The van der Waals surface area contributed by atoms with Gasteiger partial charge in [-0.05, 0) is 55.2 Å². The van der Waals surface area contributed by atoms with Gasteiger partial charge in [0.25, 0.3) is 5.91 Å². The van der Waals surface area contributed by atoms with E-state index in [1.165, 1.54) is 10.4 Å². The molecule has 3 aliphatic heterocycles. The van der Waals surface area contributed by atoms with E-state index in [9.17, 15) is 13.2 Å². The summed E-state index contributed by atoms with van der Waals surface area (Å²) in [4.78, 5) is 15.5. The van der Waals surface area contributed by atoms with E-state index in [2.05, 4.69) is 0 Å². The van der Waals surface area contributed by atoms with Crippen LogP contribution in [-0.2, 0) is 14.8 Å². The molecule has 2 aromatic carbocycles. The van der Waals surface area contributed by atoms with Crippen molar-refractivity contribution >= 4 is 15.9 Å². The second-order valence-electron chi connectivity index (χ2n) is 8.56. The molecule has 1 atom stereocenters. The number of hydrogen-bond acceptors (Lipinski definition) is 6. The van der Waals surface area contributed by atoms with Gasteiger partial charge in [-0.15, -0.1) is 0 Å². The van der Waals surface area contributed by atoms with Crippen molar-refractivity contribution in [2.75, 3.05) is 46.1 Å². The lowest BCUT2D eigenvalue weighted by molar-refractivity contribution is 0.0727. The van der Waals surface area contributed by atoms with Crippen molar-refractivity contribution in [2.45, 2.75) is 30.7 Å². The molecule has 1 unspecified atom stereocenters. The first-order chi connectivity index (χ1) is 15.9. The van der Waals surface area contributed by atoms with Crippen molar-refractivity contribution in [1.29, 1.82) is 0 Å². The number of rotatable bonds is 4. The molecule has 2 fully saturated rings. The third-order valence-corrected chi connectivity index (χ3v) is 8.53. The van der Waals surface area contributed by atoms with Crippen LogP contribution in [0.4, 0.5) is 0 Å². The summed E-state index contributed by atoms with van der Waals surface area (Å²) in [7, 11) is -3.70. The molecule has 0 aromatic heterocycles. The molecule has 0 aliphatic carbocycles. The van der Waals surface area contributed by atoms with E-state index >= 15 is 0 Å². The van der Waals surface area contributed by atoms with E-state index in [1.807, 2.05) is 23.1 Å². The molecule has 8 nitrogen and oxygen atoms in total. The number of benzene rings is 2. The molecule has 5 rings (SSSR count). The number of carbonyl (C=O) groups excluding carboxylic acids is 1. The van der Waals surface area contributed by atoms with Crippen LogP contribution in [-0.4, -0.2) is 69.6 Å². The number of carbonyl (C=O) groups is 1. The van der Waals surface area contributed by atoms with E-state index in [1.54, 1.807) is 19.1 Å². The maximum atomic E-state index is 13.5. The molecule has 3 aliphatic rings. The van der Waals surface area contributed by atoms with Crippen LogP contribution < -0.4 is 9.47 Å². The highest BCUT2D eigenvalue weighted by molar-refractivity contribution is 7.89. The van der Waals surface area contributed by atoms with E-state index in [0.29, 0.717) is 62.9 Å². The van der Waals surface area contributed by atoms with Gasteiger partial charge in [-0.25, -0.2) is 8.42 Å². The smallest absolute Gasteiger partial charge is 0.254 e. The van der Waals surface area contributed by atoms with Crippen LogP contribution in [0.1, 0.15) is 40.4 Å². The summed E-state index contributed by atoms with van der Waals surface area (Å²) in [6, 6.07) is 10.7. The lowest BCUT2D eigenvalue weighted by atomic mass is 10.0. The fourth-order valence-corrected chi connectivity index (χ4v) is 6.39. The zero-order chi connectivity index (χ0) is 23.0. The van der Waals surface area contributed by atoms with Gasteiger partial charge >= 0.3 is 0 Å². The minimum absolute atomic E-state index is 0.0890. The lowest BCUT2D eigenvalue weighted by Crippen LogP contribution is -2.41. The Kier molecular flexibility index (Phi) is 6.03. The minimum Gasteiger partial charge on any atom is -0.486 e. The van der Waals surface area contributed by atoms with Crippen LogP contribution in [0.25, 0.3) is 0 Å². The standard InChI is InChI=1S/C24H28N2O6S/c1-17-4-5-19(16-23(17)33(28,29)25-9-11-30-12-10-25)24(27)26-8-2-3-20(26)18-6-7-21-22(15-18)32-14-13-31-21/h4-7,15-16,20H,2-3,8-14H2,1H3. The molecule has 0 N–H and O–H groups in total. The molecular weight excluding hydrogens is 444 g/mol. The highest BCUT2D eigenvalue weighted by atomic mass is 32.2. The quantitative estimate of drug-likeness (QED) is 0.680. The van der Waals surface area contributed by atoms with E-state index in [-0.39, 0.29) is 16.8 Å². The normalized spacial score (nSPS) is 21.2. The highest BCUT2D eigenvalue weighted by Gasteiger charge is 2.33. The Hall–Kier alpha value is -2.62. The molecule has 33 heavy (non-hydrogen) atoms. The minimum atomic E-state index is -3.70. The molecule has 3 heterocycles. The summed E-state index contributed by atoms with van der Waals surface area (Å²) in [6.07, 6.45) is 1.73. The molecule has 0 radical (unpaired) electrons. The molecular formula is C24H28N2O6S. The summed E-state index contributed by atoms with van der Waals surface area (Å²) in [5.74, 6) is 1.26. The van der Waals surface area contributed by atoms with Gasteiger partial charge in [-0.3, -0.25) is 4.79 Å².